The molecular formula is H4AgBO2. The van der Waals surface area contributed by atoms with Crippen LogP contribution in [0.15, 0.2) is 0 Å². The van der Waals surface area contributed by atoms with Crippen LogP contribution in [0.5, 0.6) is 0 Å². The molecule has 0 unspecified atom stereocenters. The standard InChI is InChI=1S/Ag.B.2H2O/h;;2*1H2. The summed E-state index contributed by atoms with van der Waals surface area (Å²) in [4.78, 5) is 0. The summed E-state index contributed by atoms with van der Waals surface area (Å²) in [6.45, 7) is 0. The van der Waals surface area contributed by atoms with Crippen LogP contribution in [-0.4, -0.2) is 19.4 Å². The van der Waals surface area contributed by atoms with Gasteiger partial charge in [0.2, 0.25) is 0 Å². The van der Waals surface area contributed by atoms with Crippen LogP contribution in [0.3, 0.4) is 0 Å². The molecule has 0 aliphatic rings. The van der Waals surface area contributed by atoms with Crippen molar-refractivity contribution in [2.45, 2.75) is 0 Å². The van der Waals surface area contributed by atoms with Crippen LogP contribution in [0, 0.1) is 0 Å². The van der Waals surface area contributed by atoms with Crippen molar-refractivity contribution in [3.8, 4) is 0 Å². The van der Waals surface area contributed by atoms with Crippen LogP contribution in [0.4, 0.5) is 0 Å². The first-order valence-corrected chi connectivity index (χ1v) is 0. The van der Waals surface area contributed by atoms with E-state index in [2.05, 4.69) is 0 Å². The Kier molecular flexibility index (Phi) is 1640. The molecule has 0 aromatic rings. The number of rotatable bonds is 0. The van der Waals surface area contributed by atoms with Crippen LogP contribution in [0.25, 0.3) is 0 Å². The molecule has 30 valence electrons. The minimum Gasteiger partial charge on any atom is -0.412 e. The summed E-state index contributed by atoms with van der Waals surface area (Å²) in [7, 11) is 0. The molecule has 2 nitrogen and oxygen atoms in total. The molecule has 4 heavy (non-hydrogen) atoms. The average Bonchev–Trinajstić information content (AvgIpc) is 0. The van der Waals surface area contributed by atoms with E-state index in [-0.39, 0.29) is 41.7 Å². The zero-order chi connectivity index (χ0) is 0. The molecule has 4 radical (unpaired) electrons. The van der Waals surface area contributed by atoms with E-state index in [0.29, 0.717) is 0 Å². The van der Waals surface area contributed by atoms with Crippen LogP contribution >= 0.6 is 0 Å². The Morgan fingerprint density at radius 2 is 0.750 bits per heavy atom. The summed E-state index contributed by atoms with van der Waals surface area (Å²) in [5, 5.41) is 0. The van der Waals surface area contributed by atoms with Gasteiger partial charge in [-0.1, -0.05) is 0 Å². The largest absolute Gasteiger partial charge is 0.412 e. The molecule has 0 fully saturated rings. The predicted molar refractivity (Wildman–Crippen MR) is 13.0 cm³/mol. The van der Waals surface area contributed by atoms with Crippen LogP contribution in [0.2, 0.25) is 0 Å². The fourth-order valence-corrected chi connectivity index (χ4v) is 0. The molecule has 0 aromatic heterocycles. The fourth-order valence-electron chi connectivity index (χ4n) is 0. The summed E-state index contributed by atoms with van der Waals surface area (Å²) in [6.07, 6.45) is 0. The molecule has 0 aliphatic carbocycles. The van der Waals surface area contributed by atoms with Crippen LogP contribution < -0.4 is 0 Å². The predicted octanol–water partition coefficient (Wildman–Crippen LogP) is -2.03. The van der Waals surface area contributed by atoms with Crippen molar-refractivity contribution in [2.75, 3.05) is 0 Å². The average molecular weight is 155 g/mol. The molecular weight excluding hydrogens is 151 g/mol. The van der Waals surface area contributed by atoms with E-state index in [0.717, 1.165) is 0 Å². The van der Waals surface area contributed by atoms with E-state index in [1.807, 2.05) is 0 Å². The van der Waals surface area contributed by atoms with E-state index in [1.54, 1.807) is 0 Å². The first-order valence-electron chi connectivity index (χ1n) is 0. The zero-order valence-electron chi connectivity index (χ0n) is 1.88. The molecule has 0 bridgehead atoms. The molecule has 0 spiro atoms. The fraction of sp³-hybridized carbons (Fsp3) is 0. The number of hydrogen-bond donors (Lipinski definition) is 0. The van der Waals surface area contributed by atoms with E-state index < -0.39 is 0 Å². The van der Waals surface area contributed by atoms with E-state index in [4.69, 9.17) is 0 Å². The first kappa shape index (κ1) is 125. The Morgan fingerprint density at radius 3 is 0.750 bits per heavy atom. The van der Waals surface area contributed by atoms with Gasteiger partial charge in [-0.05, 0) is 0 Å². The van der Waals surface area contributed by atoms with Crippen molar-refractivity contribution in [1.82, 2.24) is 0 Å². The first-order chi connectivity index (χ1) is 0. The molecule has 0 atom stereocenters. The van der Waals surface area contributed by atoms with Gasteiger partial charge in [0.15, 0.2) is 0 Å². The second-order valence-corrected chi connectivity index (χ2v) is 0. The molecule has 4 N–H and O–H groups in total. The van der Waals surface area contributed by atoms with Gasteiger partial charge in [0, 0.05) is 30.8 Å². The molecule has 4 heteroatoms. The van der Waals surface area contributed by atoms with Gasteiger partial charge < -0.3 is 11.0 Å². The quantitative estimate of drug-likeness (QED) is 0.362. The van der Waals surface area contributed by atoms with Crippen molar-refractivity contribution < 1.29 is 33.3 Å². The smallest absolute Gasteiger partial charge is 0 e. The van der Waals surface area contributed by atoms with Gasteiger partial charge in [0.1, 0.15) is 0 Å². The van der Waals surface area contributed by atoms with Gasteiger partial charge in [-0.2, -0.15) is 0 Å². The Hall–Kier alpha value is 0.725. The maximum atomic E-state index is 0. The van der Waals surface area contributed by atoms with Gasteiger partial charge in [-0.25, -0.2) is 0 Å². The Bertz CT molecular complexity index is 6.00. The third-order valence-corrected chi connectivity index (χ3v) is 0. The SMILES string of the molecule is O.O.[Ag].[B]. The maximum absolute atomic E-state index is 0. The minimum absolute atomic E-state index is 0. The molecule has 0 aliphatic heterocycles. The molecule has 0 saturated carbocycles. The topological polar surface area (TPSA) is 63.0 Å². The van der Waals surface area contributed by atoms with Crippen molar-refractivity contribution in [3.63, 3.8) is 0 Å². The van der Waals surface area contributed by atoms with Crippen molar-refractivity contribution in [3.05, 3.63) is 0 Å². The van der Waals surface area contributed by atoms with Crippen molar-refractivity contribution in [1.29, 1.82) is 0 Å². The molecule has 0 aromatic carbocycles. The van der Waals surface area contributed by atoms with E-state index in [1.165, 1.54) is 0 Å². The van der Waals surface area contributed by atoms with Crippen molar-refractivity contribution >= 4 is 8.41 Å². The summed E-state index contributed by atoms with van der Waals surface area (Å²) < 4.78 is 0. The minimum atomic E-state index is 0. The maximum Gasteiger partial charge on any atom is 0 e. The molecule has 0 saturated heterocycles. The van der Waals surface area contributed by atoms with Gasteiger partial charge in [0.25, 0.3) is 0 Å². The summed E-state index contributed by atoms with van der Waals surface area (Å²) in [6, 6.07) is 0. The van der Waals surface area contributed by atoms with Gasteiger partial charge in [0.05, 0.1) is 0 Å². The zero-order valence-corrected chi connectivity index (χ0v) is 3.36. The normalized spacial score (nSPS) is 0. The summed E-state index contributed by atoms with van der Waals surface area (Å²) in [5.41, 5.74) is 0. The van der Waals surface area contributed by atoms with Crippen LogP contribution in [-0.2, 0) is 22.4 Å². The second-order valence-electron chi connectivity index (χ2n) is 0. The van der Waals surface area contributed by atoms with E-state index >= 15 is 0 Å². The molecule has 0 amide bonds. The van der Waals surface area contributed by atoms with Crippen molar-refractivity contribution in [2.24, 2.45) is 0 Å². The third kappa shape index (κ3) is 15.4. The monoisotopic (exact) mass is 154 g/mol. The van der Waals surface area contributed by atoms with Gasteiger partial charge in [-0.3, -0.25) is 0 Å². The summed E-state index contributed by atoms with van der Waals surface area (Å²) >= 11 is 0. The Balaban J connectivity index is 0. The van der Waals surface area contributed by atoms with Gasteiger partial charge in [-0.15, -0.1) is 0 Å². The number of hydrogen-bond acceptors (Lipinski definition) is 0. The Morgan fingerprint density at radius 1 is 0.750 bits per heavy atom. The second kappa shape index (κ2) is 52.6. The summed E-state index contributed by atoms with van der Waals surface area (Å²) in [5.74, 6) is 0. The van der Waals surface area contributed by atoms with Crippen LogP contribution in [0.1, 0.15) is 0 Å². The third-order valence-electron chi connectivity index (χ3n) is 0. The molecule has 0 heterocycles. The molecule has 0 rings (SSSR count). The van der Waals surface area contributed by atoms with E-state index in [9.17, 15) is 0 Å². The van der Waals surface area contributed by atoms with Gasteiger partial charge >= 0.3 is 0 Å². The Labute approximate surface area is 42.3 Å².